The molecule has 7 heteroatoms. The van der Waals surface area contributed by atoms with E-state index in [-0.39, 0.29) is 0 Å². The van der Waals surface area contributed by atoms with Crippen LogP contribution in [-0.2, 0) is 11.3 Å². The molecular weight excluding hydrogens is 332 g/mol. The van der Waals surface area contributed by atoms with E-state index in [9.17, 15) is 0 Å². The molecule has 124 valence electrons. The van der Waals surface area contributed by atoms with Gasteiger partial charge >= 0.3 is 0 Å². The van der Waals surface area contributed by atoms with E-state index in [1.165, 1.54) is 0 Å². The fourth-order valence-electron chi connectivity index (χ4n) is 2.52. The summed E-state index contributed by atoms with van der Waals surface area (Å²) in [6.45, 7) is 5.10. The third-order valence-electron chi connectivity index (χ3n) is 3.63. The van der Waals surface area contributed by atoms with Gasteiger partial charge in [-0.05, 0) is 38.0 Å². The minimum atomic E-state index is 0.295. The van der Waals surface area contributed by atoms with Gasteiger partial charge in [0.05, 0.1) is 22.9 Å². The molecule has 0 amide bonds. The number of guanidine groups is 1. The zero-order valence-corrected chi connectivity index (χ0v) is 14.7. The number of aliphatic imine (C=N–C) groups is 1. The summed E-state index contributed by atoms with van der Waals surface area (Å²) in [6.07, 6.45) is 2.56. The lowest BCUT2D eigenvalue weighted by Crippen LogP contribution is -2.41. The standard InChI is InChI=1S/C16H21ClN4OS/c1-2-18-16(19-9-12-4-3-7-22-12)20-10-15-21-13-8-11(17)5-6-14(13)23-15/h5-6,8,12H,2-4,7,9-10H2,1H3,(H2,18,19,20). The first-order chi connectivity index (χ1) is 11.2. The maximum absolute atomic E-state index is 6.01. The maximum atomic E-state index is 6.01. The van der Waals surface area contributed by atoms with Crippen molar-refractivity contribution in [2.24, 2.45) is 4.99 Å². The molecule has 0 aliphatic carbocycles. The molecule has 1 aliphatic heterocycles. The van der Waals surface area contributed by atoms with Gasteiger partial charge in [-0.1, -0.05) is 11.6 Å². The third kappa shape index (κ3) is 4.56. The molecule has 23 heavy (non-hydrogen) atoms. The van der Waals surface area contributed by atoms with Crippen molar-refractivity contribution < 1.29 is 4.74 Å². The molecule has 0 spiro atoms. The molecule has 1 aromatic carbocycles. The van der Waals surface area contributed by atoms with Gasteiger partial charge < -0.3 is 15.4 Å². The van der Waals surface area contributed by atoms with Crippen molar-refractivity contribution >= 4 is 39.1 Å². The van der Waals surface area contributed by atoms with Crippen molar-refractivity contribution in [1.82, 2.24) is 15.6 Å². The fourth-order valence-corrected chi connectivity index (χ4v) is 3.56. The van der Waals surface area contributed by atoms with Gasteiger partial charge in [0.2, 0.25) is 0 Å². The second-order valence-electron chi connectivity index (χ2n) is 5.43. The number of hydrogen-bond donors (Lipinski definition) is 2. The molecular formula is C16H21ClN4OS. The Kier molecular flexibility index (Phi) is 5.70. The molecule has 5 nitrogen and oxygen atoms in total. The first-order valence-corrected chi connectivity index (χ1v) is 9.13. The van der Waals surface area contributed by atoms with Gasteiger partial charge in [-0.2, -0.15) is 0 Å². The first-order valence-electron chi connectivity index (χ1n) is 7.93. The van der Waals surface area contributed by atoms with Crippen molar-refractivity contribution in [3.05, 3.63) is 28.2 Å². The summed E-state index contributed by atoms with van der Waals surface area (Å²) >= 11 is 7.66. The van der Waals surface area contributed by atoms with Gasteiger partial charge in [0.1, 0.15) is 5.01 Å². The van der Waals surface area contributed by atoms with Gasteiger partial charge in [-0.25, -0.2) is 9.98 Å². The zero-order valence-electron chi connectivity index (χ0n) is 13.1. The van der Waals surface area contributed by atoms with Crippen molar-refractivity contribution in [3.63, 3.8) is 0 Å². The van der Waals surface area contributed by atoms with Crippen LogP contribution < -0.4 is 10.6 Å². The highest BCUT2D eigenvalue weighted by Crippen LogP contribution is 2.25. The summed E-state index contributed by atoms with van der Waals surface area (Å²) in [5.41, 5.74) is 0.935. The summed E-state index contributed by atoms with van der Waals surface area (Å²) < 4.78 is 6.76. The van der Waals surface area contributed by atoms with Gasteiger partial charge in [0.25, 0.3) is 0 Å². The predicted molar refractivity (Wildman–Crippen MR) is 96.4 cm³/mol. The Morgan fingerprint density at radius 2 is 2.39 bits per heavy atom. The number of benzene rings is 1. The van der Waals surface area contributed by atoms with Crippen LogP contribution in [0.5, 0.6) is 0 Å². The van der Waals surface area contributed by atoms with Crippen LogP contribution in [0.3, 0.4) is 0 Å². The maximum Gasteiger partial charge on any atom is 0.191 e. The normalized spacial score (nSPS) is 18.5. The molecule has 1 aromatic heterocycles. The average molecular weight is 353 g/mol. The van der Waals surface area contributed by atoms with E-state index in [0.29, 0.717) is 17.7 Å². The summed E-state index contributed by atoms with van der Waals surface area (Å²) in [5, 5.41) is 8.30. The molecule has 3 rings (SSSR count). The number of halogens is 1. The van der Waals surface area contributed by atoms with Crippen LogP contribution in [0.15, 0.2) is 23.2 Å². The number of ether oxygens (including phenoxy) is 1. The number of fused-ring (bicyclic) bond motifs is 1. The number of nitrogens with one attached hydrogen (secondary N) is 2. The molecule has 2 N–H and O–H groups in total. The largest absolute Gasteiger partial charge is 0.376 e. The van der Waals surface area contributed by atoms with E-state index in [1.54, 1.807) is 11.3 Å². The lowest BCUT2D eigenvalue weighted by molar-refractivity contribution is 0.114. The summed E-state index contributed by atoms with van der Waals surface area (Å²) in [5.74, 6) is 0.806. The smallest absolute Gasteiger partial charge is 0.191 e. The van der Waals surface area contributed by atoms with Crippen LogP contribution in [0.4, 0.5) is 0 Å². The Bertz CT molecular complexity index is 682. The van der Waals surface area contributed by atoms with E-state index in [0.717, 1.165) is 53.7 Å². The Labute approximate surface area is 145 Å². The Morgan fingerprint density at radius 3 is 3.17 bits per heavy atom. The summed E-state index contributed by atoms with van der Waals surface area (Å²) in [7, 11) is 0. The van der Waals surface area contributed by atoms with Gasteiger partial charge in [0, 0.05) is 24.7 Å². The van der Waals surface area contributed by atoms with Crippen LogP contribution in [0.2, 0.25) is 5.02 Å². The van der Waals surface area contributed by atoms with E-state index >= 15 is 0 Å². The van der Waals surface area contributed by atoms with Gasteiger partial charge in [0.15, 0.2) is 5.96 Å². The third-order valence-corrected chi connectivity index (χ3v) is 4.89. The zero-order chi connectivity index (χ0) is 16.1. The van der Waals surface area contributed by atoms with E-state index in [4.69, 9.17) is 16.3 Å². The monoisotopic (exact) mass is 352 g/mol. The molecule has 1 aliphatic rings. The quantitative estimate of drug-likeness (QED) is 0.641. The van der Waals surface area contributed by atoms with Crippen molar-refractivity contribution in [3.8, 4) is 0 Å². The average Bonchev–Trinajstić information content (AvgIpc) is 3.18. The molecule has 0 radical (unpaired) electrons. The minimum Gasteiger partial charge on any atom is -0.376 e. The topological polar surface area (TPSA) is 58.5 Å². The summed E-state index contributed by atoms with van der Waals surface area (Å²) in [4.78, 5) is 9.21. The second kappa shape index (κ2) is 7.95. The van der Waals surface area contributed by atoms with Crippen LogP contribution in [0, 0.1) is 0 Å². The van der Waals surface area contributed by atoms with Crippen molar-refractivity contribution in [2.75, 3.05) is 19.7 Å². The first kappa shape index (κ1) is 16.5. The van der Waals surface area contributed by atoms with Crippen LogP contribution in [0.1, 0.15) is 24.8 Å². The minimum absolute atomic E-state index is 0.295. The van der Waals surface area contributed by atoms with Gasteiger partial charge in [-0.3, -0.25) is 0 Å². The number of nitrogens with zero attached hydrogens (tertiary/aromatic N) is 2. The second-order valence-corrected chi connectivity index (χ2v) is 6.98. The molecule has 1 atom stereocenters. The number of aromatic nitrogens is 1. The molecule has 1 fully saturated rings. The Hall–Kier alpha value is -1.37. The van der Waals surface area contributed by atoms with Gasteiger partial charge in [-0.15, -0.1) is 11.3 Å². The molecule has 1 unspecified atom stereocenters. The van der Waals surface area contributed by atoms with Crippen LogP contribution in [0.25, 0.3) is 10.2 Å². The molecule has 1 saturated heterocycles. The number of hydrogen-bond acceptors (Lipinski definition) is 4. The Morgan fingerprint density at radius 1 is 1.48 bits per heavy atom. The molecule has 0 bridgehead atoms. The lowest BCUT2D eigenvalue weighted by atomic mass is 10.2. The van der Waals surface area contributed by atoms with E-state index in [1.807, 2.05) is 18.2 Å². The van der Waals surface area contributed by atoms with Crippen molar-refractivity contribution in [2.45, 2.75) is 32.4 Å². The Balaban J connectivity index is 1.63. The highest BCUT2D eigenvalue weighted by molar-refractivity contribution is 7.18. The highest BCUT2D eigenvalue weighted by atomic mass is 35.5. The lowest BCUT2D eigenvalue weighted by Gasteiger charge is -2.14. The van der Waals surface area contributed by atoms with E-state index < -0.39 is 0 Å². The predicted octanol–water partition coefficient (Wildman–Crippen LogP) is 3.18. The SMILES string of the molecule is CCNC(=NCc1nc2cc(Cl)ccc2s1)NCC1CCCO1. The van der Waals surface area contributed by atoms with Crippen LogP contribution >= 0.6 is 22.9 Å². The highest BCUT2D eigenvalue weighted by Gasteiger charge is 2.15. The van der Waals surface area contributed by atoms with Crippen LogP contribution in [-0.4, -0.2) is 36.7 Å². The number of thiazole rings is 1. The molecule has 0 saturated carbocycles. The van der Waals surface area contributed by atoms with E-state index in [2.05, 4.69) is 27.5 Å². The number of rotatable bonds is 5. The molecule has 2 aromatic rings. The van der Waals surface area contributed by atoms with Crippen molar-refractivity contribution in [1.29, 1.82) is 0 Å². The summed E-state index contributed by atoms with van der Waals surface area (Å²) in [6, 6.07) is 5.78. The fraction of sp³-hybridized carbons (Fsp3) is 0.500. The molecule has 2 heterocycles.